The first-order valence-electron chi connectivity index (χ1n) is 10.6. The number of amides is 1. The van der Waals surface area contributed by atoms with Gasteiger partial charge in [-0.1, -0.05) is 18.2 Å². The minimum atomic E-state index is -0.132. The highest BCUT2D eigenvalue weighted by atomic mass is 16.5. The molecule has 0 bridgehead atoms. The van der Waals surface area contributed by atoms with E-state index in [9.17, 15) is 4.79 Å². The summed E-state index contributed by atoms with van der Waals surface area (Å²) in [5.41, 5.74) is 1.75. The van der Waals surface area contributed by atoms with Gasteiger partial charge in [0.1, 0.15) is 5.75 Å². The molecule has 30 heavy (non-hydrogen) atoms. The zero-order valence-electron chi connectivity index (χ0n) is 18.1. The summed E-state index contributed by atoms with van der Waals surface area (Å²) in [5, 5.41) is 3.08. The second-order valence-corrected chi connectivity index (χ2v) is 7.57. The molecule has 6 heteroatoms. The maximum absolute atomic E-state index is 12.7. The predicted molar refractivity (Wildman–Crippen MR) is 117 cm³/mol. The largest absolute Gasteiger partial charge is 0.494 e. The second-order valence-electron chi connectivity index (χ2n) is 7.57. The van der Waals surface area contributed by atoms with E-state index in [0.29, 0.717) is 36.1 Å². The molecule has 2 aromatic carbocycles. The molecule has 2 aromatic rings. The zero-order chi connectivity index (χ0) is 21.3. The minimum absolute atomic E-state index is 0.132. The number of carbonyl (C=O) groups is 1. The van der Waals surface area contributed by atoms with Crippen molar-refractivity contribution in [1.29, 1.82) is 0 Å². The average molecular weight is 413 g/mol. The first-order chi connectivity index (χ1) is 14.6. The summed E-state index contributed by atoms with van der Waals surface area (Å²) in [6.45, 7) is 6.26. The third kappa shape index (κ3) is 5.66. The van der Waals surface area contributed by atoms with E-state index in [0.717, 1.165) is 38.2 Å². The summed E-state index contributed by atoms with van der Waals surface area (Å²) < 4.78 is 16.3. The normalized spacial score (nSPS) is 16.7. The first-order valence-corrected chi connectivity index (χ1v) is 10.6. The van der Waals surface area contributed by atoms with Gasteiger partial charge < -0.3 is 19.5 Å². The van der Waals surface area contributed by atoms with Crippen LogP contribution in [0.3, 0.4) is 0 Å². The molecule has 0 saturated carbocycles. The van der Waals surface area contributed by atoms with Crippen molar-refractivity contribution >= 4 is 5.91 Å². The Balaban J connectivity index is 1.55. The number of para-hydroxylation sites is 1. The zero-order valence-corrected chi connectivity index (χ0v) is 18.1. The summed E-state index contributed by atoms with van der Waals surface area (Å²) in [4.78, 5) is 15.2. The first kappa shape index (κ1) is 22.0. The molecule has 0 aromatic heterocycles. The fourth-order valence-electron chi connectivity index (χ4n) is 4.02. The number of piperidine rings is 1. The van der Waals surface area contributed by atoms with Gasteiger partial charge in [-0.05, 0) is 62.1 Å². The van der Waals surface area contributed by atoms with Crippen molar-refractivity contribution in [2.75, 3.05) is 40.5 Å². The van der Waals surface area contributed by atoms with Gasteiger partial charge in [-0.15, -0.1) is 0 Å². The van der Waals surface area contributed by atoms with Crippen LogP contribution in [0.25, 0.3) is 0 Å². The van der Waals surface area contributed by atoms with E-state index >= 15 is 0 Å². The van der Waals surface area contributed by atoms with Crippen LogP contribution in [0.4, 0.5) is 0 Å². The number of methoxy groups -OCH3 is 2. The fraction of sp³-hybridized carbons (Fsp3) is 0.458. The fourth-order valence-corrected chi connectivity index (χ4v) is 4.02. The molecule has 6 nitrogen and oxygen atoms in total. The summed E-state index contributed by atoms with van der Waals surface area (Å²) in [6, 6.07) is 13.6. The molecule has 0 unspecified atom stereocenters. The molecular formula is C24H32N2O4. The van der Waals surface area contributed by atoms with E-state index < -0.39 is 0 Å². The Morgan fingerprint density at radius 2 is 2.00 bits per heavy atom. The number of rotatable bonds is 9. The van der Waals surface area contributed by atoms with Gasteiger partial charge in [0, 0.05) is 19.6 Å². The number of nitrogens with zero attached hydrogens (tertiary/aromatic N) is 1. The van der Waals surface area contributed by atoms with Crippen LogP contribution < -0.4 is 19.5 Å². The Kier molecular flexibility index (Phi) is 7.97. The number of benzene rings is 2. The summed E-state index contributed by atoms with van der Waals surface area (Å²) in [6.07, 6.45) is 2.25. The van der Waals surface area contributed by atoms with Crippen molar-refractivity contribution in [2.24, 2.45) is 5.92 Å². The number of likely N-dealkylation sites (tertiary alicyclic amines) is 1. The molecule has 1 aliphatic rings. The molecule has 1 heterocycles. The van der Waals surface area contributed by atoms with Crippen LogP contribution in [0, 0.1) is 5.92 Å². The van der Waals surface area contributed by atoms with Gasteiger partial charge in [-0.25, -0.2) is 0 Å². The van der Waals surface area contributed by atoms with Crippen LogP contribution in [0.1, 0.15) is 35.7 Å². The quantitative estimate of drug-likeness (QED) is 0.680. The minimum Gasteiger partial charge on any atom is -0.494 e. The summed E-state index contributed by atoms with van der Waals surface area (Å²) >= 11 is 0. The maximum atomic E-state index is 12.7. The SMILES string of the molecule is CCOc1cccc(CN2CCC[C@H](CNC(=O)c3cccc(OC)c3OC)C2)c1. The molecule has 1 amide bonds. The third-order valence-corrected chi connectivity index (χ3v) is 5.42. The third-order valence-electron chi connectivity index (χ3n) is 5.42. The molecule has 1 fully saturated rings. The summed E-state index contributed by atoms with van der Waals surface area (Å²) in [7, 11) is 3.12. The maximum Gasteiger partial charge on any atom is 0.255 e. The predicted octanol–water partition coefficient (Wildman–Crippen LogP) is 3.74. The lowest BCUT2D eigenvalue weighted by molar-refractivity contribution is 0.0927. The monoisotopic (exact) mass is 412 g/mol. The molecule has 1 saturated heterocycles. The average Bonchev–Trinajstić information content (AvgIpc) is 2.77. The Bertz CT molecular complexity index is 840. The van der Waals surface area contributed by atoms with Crippen LogP contribution in [0.15, 0.2) is 42.5 Å². The Labute approximate surface area is 179 Å². The lowest BCUT2D eigenvalue weighted by atomic mass is 9.97. The molecular weight excluding hydrogens is 380 g/mol. The molecule has 0 aliphatic carbocycles. The smallest absolute Gasteiger partial charge is 0.255 e. The molecule has 3 rings (SSSR count). The highest BCUT2D eigenvalue weighted by molar-refractivity contribution is 5.97. The van der Waals surface area contributed by atoms with Crippen molar-refractivity contribution in [2.45, 2.75) is 26.3 Å². The number of hydrogen-bond acceptors (Lipinski definition) is 5. The van der Waals surface area contributed by atoms with Crippen LogP contribution in [0.5, 0.6) is 17.2 Å². The molecule has 162 valence electrons. The van der Waals surface area contributed by atoms with Gasteiger partial charge in [-0.3, -0.25) is 9.69 Å². The Hall–Kier alpha value is -2.73. The van der Waals surface area contributed by atoms with Crippen molar-refractivity contribution in [3.8, 4) is 17.2 Å². The van der Waals surface area contributed by atoms with E-state index in [2.05, 4.69) is 22.3 Å². The van der Waals surface area contributed by atoms with Crippen molar-refractivity contribution in [3.63, 3.8) is 0 Å². The van der Waals surface area contributed by atoms with Gasteiger partial charge in [0.25, 0.3) is 5.91 Å². The van der Waals surface area contributed by atoms with E-state index in [1.807, 2.05) is 19.1 Å². The molecule has 1 atom stereocenters. The number of ether oxygens (including phenoxy) is 3. The van der Waals surface area contributed by atoms with Crippen LogP contribution >= 0.6 is 0 Å². The van der Waals surface area contributed by atoms with Crippen LogP contribution in [-0.2, 0) is 6.54 Å². The van der Waals surface area contributed by atoms with E-state index in [1.165, 1.54) is 5.56 Å². The second kappa shape index (κ2) is 10.9. The highest BCUT2D eigenvalue weighted by Gasteiger charge is 2.22. The Morgan fingerprint density at radius 1 is 1.17 bits per heavy atom. The topological polar surface area (TPSA) is 60.0 Å². The van der Waals surface area contributed by atoms with Gasteiger partial charge in [0.2, 0.25) is 0 Å². The highest BCUT2D eigenvalue weighted by Crippen LogP contribution is 2.30. The molecule has 1 N–H and O–H groups in total. The van der Waals surface area contributed by atoms with Gasteiger partial charge in [-0.2, -0.15) is 0 Å². The standard InChI is InChI=1S/C24H32N2O4/c1-4-30-20-10-5-8-18(14-20)16-26-13-7-9-19(17-26)15-25-24(27)21-11-6-12-22(28-2)23(21)29-3/h5-6,8,10-12,14,19H,4,7,9,13,15-17H2,1-3H3,(H,25,27)/t19-/m1/s1. The van der Waals surface area contributed by atoms with Crippen molar-refractivity contribution in [3.05, 3.63) is 53.6 Å². The summed E-state index contributed by atoms with van der Waals surface area (Å²) in [5.74, 6) is 2.24. The lowest BCUT2D eigenvalue weighted by Gasteiger charge is -2.33. The van der Waals surface area contributed by atoms with Gasteiger partial charge in [0.05, 0.1) is 26.4 Å². The van der Waals surface area contributed by atoms with Crippen molar-refractivity contribution in [1.82, 2.24) is 10.2 Å². The lowest BCUT2D eigenvalue weighted by Crippen LogP contribution is -2.40. The van der Waals surface area contributed by atoms with E-state index in [1.54, 1.807) is 32.4 Å². The van der Waals surface area contributed by atoms with Crippen LogP contribution in [-0.4, -0.2) is 51.3 Å². The number of nitrogens with one attached hydrogen (secondary N) is 1. The van der Waals surface area contributed by atoms with Gasteiger partial charge >= 0.3 is 0 Å². The number of hydrogen-bond donors (Lipinski definition) is 1. The molecule has 0 radical (unpaired) electrons. The Morgan fingerprint density at radius 3 is 2.77 bits per heavy atom. The van der Waals surface area contributed by atoms with E-state index in [4.69, 9.17) is 14.2 Å². The van der Waals surface area contributed by atoms with Gasteiger partial charge in [0.15, 0.2) is 11.5 Å². The van der Waals surface area contributed by atoms with E-state index in [-0.39, 0.29) is 5.91 Å². The molecule has 0 spiro atoms. The van der Waals surface area contributed by atoms with Crippen molar-refractivity contribution < 1.29 is 19.0 Å². The van der Waals surface area contributed by atoms with Crippen LogP contribution in [0.2, 0.25) is 0 Å². The number of carbonyl (C=O) groups excluding carboxylic acids is 1. The molecule has 1 aliphatic heterocycles.